The molecule has 1 atom stereocenters. The second-order valence-corrected chi connectivity index (χ2v) is 6.66. The molecular formula is C10H12N2O3S2. The standard InChI is InChI=1S/C10H12N2O3S2/c1-7(5-13)17(14,15)12-8-2-3-9-10(4-8)16-6-11-9/h2-4,6-7,12-13H,5H2,1H3. The first-order valence-electron chi connectivity index (χ1n) is 4.98. The molecule has 1 heterocycles. The first-order chi connectivity index (χ1) is 8.03. The minimum absolute atomic E-state index is 0.405. The molecule has 1 aromatic carbocycles. The zero-order chi connectivity index (χ0) is 12.5. The fourth-order valence-corrected chi connectivity index (χ4v) is 2.85. The van der Waals surface area contributed by atoms with Gasteiger partial charge in [0, 0.05) is 0 Å². The van der Waals surface area contributed by atoms with Gasteiger partial charge in [-0.05, 0) is 25.1 Å². The molecule has 1 aromatic heterocycles. The predicted octanol–water partition coefficient (Wildman–Crippen LogP) is 1.42. The molecule has 2 aromatic rings. The predicted molar refractivity (Wildman–Crippen MR) is 68.7 cm³/mol. The van der Waals surface area contributed by atoms with E-state index < -0.39 is 21.9 Å². The summed E-state index contributed by atoms with van der Waals surface area (Å²) in [6, 6.07) is 5.14. The number of hydrogen-bond acceptors (Lipinski definition) is 5. The molecule has 0 aliphatic carbocycles. The average molecular weight is 272 g/mol. The Bertz CT molecular complexity index is 621. The molecular weight excluding hydrogens is 260 g/mol. The number of aliphatic hydroxyl groups is 1. The summed E-state index contributed by atoms with van der Waals surface area (Å²) >= 11 is 1.45. The summed E-state index contributed by atoms with van der Waals surface area (Å²) in [5.74, 6) is 0. The SMILES string of the molecule is CC(CO)S(=O)(=O)Nc1ccc2ncsc2c1. The minimum Gasteiger partial charge on any atom is -0.395 e. The van der Waals surface area contributed by atoms with Crippen LogP contribution in [0.5, 0.6) is 0 Å². The van der Waals surface area contributed by atoms with Gasteiger partial charge in [-0.1, -0.05) is 0 Å². The highest BCUT2D eigenvalue weighted by molar-refractivity contribution is 7.93. The summed E-state index contributed by atoms with van der Waals surface area (Å²) in [5, 5.41) is 8.03. The molecule has 2 rings (SSSR count). The quantitative estimate of drug-likeness (QED) is 0.882. The van der Waals surface area contributed by atoms with E-state index in [2.05, 4.69) is 9.71 Å². The lowest BCUT2D eigenvalue weighted by atomic mass is 10.3. The zero-order valence-electron chi connectivity index (χ0n) is 9.12. The van der Waals surface area contributed by atoms with Crippen molar-refractivity contribution in [3.63, 3.8) is 0 Å². The molecule has 0 spiro atoms. The van der Waals surface area contributed by atoms with Crippen LogP contribution in [-0.2, 0) is 10.0 Å². The van der Waals surface area contributed by atoms with Crippen molar-refractivity contribution in [1.82, 2.24) is 4.98 Å². The molecule has 92 valence electrons. The van der Waals surface area contributed by atoms with Gasteiger partial charge in [0.1, 0.15) is 5.25 Å². The maximum atomic E-state index is 11.7. The molecule has 0 bridgehead atoms. The van der Waals surface area contributed by atoms with E-state index in [1.165, 1.54) is 18.3 Å². The van der Waals surface area contributed by atoms with E-state index in [9.17, 15) is 8.42 Å². The first kappa shape index (κ1) is 12.3. The number of benzene rings is 1. The lowest BCUT2D eigenvalue weighted by molar-refractivity contribution is 0.296. The summed E-state index contributed by atoms with van der Waals surface area (Å²) in [7, 11) is -3.53. The molecule has 0 fully saturated rings. The fraction of sp³-hybridized carbons (Fsp3) is 0.300. The third-order valence-electron chi connectivity index (χ3n) is 2.38. The van der Waals surface area contributed by atoms with Crippen LogP contribution in [0.2, 0.25) is 0 Å². The van der Waals surface area contributed by atoms with E-state index in [0.29, 0.717) is 5.69 Å². The van der Waals surface area contributed by atoms with Crippen LogP contribution in [0.1, 0.15) is 6.92 Å². The van der Waals surface area contributed by atoms with E-state index in [1.807, 2.05) is 0 Å². The molecule has 1 unspecified atom stereocenters. The van der Waals surface area contributed by atoms with Crippen molar-refractivity contribution in [2.45, 2.75) is 12.2 Å². The second kappa shape index (κ2) is 4.59. The third kappa shape index (κ3) is 2.56. The Morgan fingerprint density at radius 3 is 3.00 bits per heavy atom. The van der Waals surface area contributed by atoms with Gasteiger partial charge in [-0.2, -0.15) is 0 Å². The summed E-state index contributed by atoms with van der Waals surface area (Å²) in [5.41, 5.74) is 3.04. The monoisotopic (exact) mass is 272 g/mol. The van der Waals surface area contributed by atoms with Gasteiger partial charge >= 0.3 is 0 Å². The topological polar surface area (TPSA) is 79.3 Å². The molecule has 0 saturated heterocycles. The molecule has 2 N–H and O–H groups in total. The van der Waals surface area contributed by atoms with Crippen molar-refractivity contribution < 1.29 is 13.5 Å². The van der Waals surface area contributed by atoms with E-state index in [1.54, 1.807) is 23.7 Å². The Morgan fingerprint density at radius 2 is 2.29 bits per heavy atom. The maximum Gasteiger partial charge on any atom is 0.237 e. The minimum atomic E-state index is -3.53. The summed E-state index contributed by atoms with van der Waals surface area (Å²) in [6.07, 6.45) is 0. The van der Waals surface area contributed by atoms with Crippen LogP contribution >= 0.6 is 11.3 Å². The maximum absolute atomic E-state index is 11.7. The second-order valence-electron chi connectivity index (χ2n) is 3.68. The number of aromatic nitrogens is 1. The fourth-order valence-electron chi connectivity index (χ4n) is 1.28. The van der Waals surface area contributed by atoms with E-state index in [0.717, 1.165) is 10.2 Å². The molecule has 0 aliphatic rings. The number of rotatable bonds is 4. The van der Waals surface area contributed by atoms with E-state index >= 15 is 0 Å². The lowest BCUT2D eigenvalue weighted by Crippen LogP contribution is -2.28. The van der Waals surface area contributed by atoms with Gasteiger partial charge < -0.3 is 5.11 Å². The number of thiazole rings is 1. The van der Waals surface area contributed by atoms with Gasteiger partial charge in [-0.15, -0.1) is 11.3 Å². The van der Waals surface area contributed by atoms with Gasteiger partial charge in [-0.25, -0.2) is 13.4 Å². The summed E-state index contributed by atoms with van der Waals surface area (Å²) < 4.78 is 26.8. The Morgan fingerprint density at radius 1 is 1.53 bits per heavy atom. The molecule has 7 heteroatoms. The van der Waals surface area contributed by atoms with Gasteiger partial charge in [0.05, 0.1) is 28.0 Å². The van der Waals surface area contributed by atoms with Crippen molar-refractivity contribution in [1.29, 1.82) is 0 Å². The number of fused-ring (bicyclic) bond motifs is 1. The van der Waals surface area contributed by atoms with Gasteiger partial charge in [0.25, 0.3) is 0 Å². The first-order valence-corrected chi connectivity index (χ1v) is 7.41. The highest BCUT2D eigenvalue weighted by Crippen LogP contribution is 2.22. The van der Waals surface area contributed by atoms with Crippen LogP contribution in [0.15, 0.2) is 23.7 Å². The van der Waals surface area contributed by atoms with E-state index in [4.69, 9.17) is 5.11 Å². The number of nitrogens with one attached hydrogen (secondary N) is 1. The van der Waals surface area contributed by atoms with Crippen LogP contribution in [0.4, 0.5) is 5.69 Å². The number of sulfonamides is 1. The highest BCUT2D eigenvalue weighted by atomic mass is 32.2. The van der Waals surface area contributed by atoms with Crippen LogP contribution in [0.25, 0.3) is 10.2 Å². The molecule has 0 radical (unpaired) electrons. The molecule has 17 heavy (non-hydrogen) atoms. The van der Waals surface area contributed by atoms with Gasteiger partial charge in [-0.3, -0.25) is 4.72 Å². The number of aliphatic hydroxyl groups excluding tert-OH is 1. The Labute approximate surface area is 103 Å². The Balaban J connectivity index is 2.29. The number of hydrogen-bond donors (Lipinski definition) is 2. The number of nitrogens with zero attached hydrogens (tertiary/aromatic N) is 1. The molecule has 5 nitrogen and oxygen atoms in total. The van der Waals surface area contributed by atoms with Gasteiger partial charge in [0.15, 0.2) is 0 Å². The van der Waals surface area contributed by atoms with Crippen LogP contribution in [0, 0.1) is 0 Å². The normalized spacial score (nSPS) is 13.8. The average Bonchev–Trinajstić information content (AvgIpc) is 2.74. The molecule has 0 amide bonds. The van der Waals surface area contributed by atoms with Gasteiger partial charge in [0.2, 0.25) is 10.0 Å². The Hall–Kier alpha value is -1.18. The van der Waals surface area contributed by atoms with Crippen LogP contribution in [-0.4, -0.2) is 30.4 Å². The smallest absolute Gasteiger partial charge is 0.237 e. The Kier molecular flexibility index (Phi) is 3.32. The highest BCUT2D eigenvalue weighted by Gasteiger charge is 2.19. The summed E-state index contributed by atoms with van der Waals surface area (Å²) in [4.78, 5) is 4.11. The molecule has 0 aliphatic heterocycles. The van der Waals surface area contributed by atoms with Crippen molar-refractivity contribution in [2.75, 3.05) is 11.3 Å². The zero-order valence-corrected chi connectivity index (χ0v) is 10.8. The van der Waals surface area contributed by atoms with E-state index in [-0.39, 0.29) is 0 Å². The molecule has 0 saturated carbocycles. The third-order valence-corrected chi connectivity index (χ3v) is 4.90. The number of anilines is 1. The van der Waals surface area contributed by atoms with Crippen molar-refractivity contribution in [3.05, 3.63) is 23.7 Å². The summed E-state index contributed by atoms with van der Waals surface area (Å²) in [6.45, 7) is 1.05. The van der Waals surface area contributed by atoms with Crippen LogP contribution in [0.3, 0.4) is 0 Å². The van der Waals surface area contributed by atoms with Crippen molar-refractivity contribution in [3.8, 4) is 0 Å². The lowest BCUT2D eigenvalue weighted by Gasteiger charge is -2.12. The van der Waals surface area contributed by atoms with Crippen LogP contribution < -0.4 is 4.72 Å². The largest absolute Gasteiger partial charge is 0.395 e. The van der Waals surface area contributed by atoms with Crippen molar-refractivity contribution in [2.24, 2.45) is 0 Å². The van der Waals surface area contributed by atoms with Crippen molar-refractivity contribution >= 4 is 37.3 Å².